The maximum atomic E-state index is 11.3. The van der Waals surface area contributed by atoms with Gasteiger partial charge in [-0.2, -0.15) is 0 Å². The van der Waals surface area contributed by atoms with Crippen LogP contribution in [0.2, 0.25) is 0 Å². The molecule has 0 radical (unpaired) electrons. The van der Waals surface area contributed by atoms with Crippen LogP contribution in [0, 0.1) is 11.3 Å². The smallest absolute Gasteiger partial charge is 0.311 e. The standard InChI is InChI=1S/C11H18BrNO2/c1-8(2)11(10(14)15)4-5-13(7-11)6-9(3)12/h8H,3-7H2,1-2H3,(H,14,15). The lowest BCUT2D eigenvalue weighted by Gasteiger charge is -2.28. The average molecular weight is 276 g/mol. The van der Waals surface area contributed by atoms with Crippen LogP contribution in [-0.4, -0.2) is 35.6 Å². The minimum absolute atomic E-state index is 0.170. The van der Waals surface area contributed by atoms with Crippen LogP contribution in [0.4, 0.5) is 0 Å². The number of carbonyl (C=O) groups is 1. The van der Waals surface area contributed by atoms with Crippen LogP contribution >= 0.6 is 15.9 Å². The van der Waals surface area contributed by atoms with E-state index in [0.29, 0.717) is 6.54 Å². The van der Waals surface area contributed by atoms with E-state index in [1.165, 1.54) is 0 Å². The second kappa shape index (κ2) is 4.66. The number of carboxylic acids is 1. The molecule has 1 aliphatic heterocycles. The van der Waals surface area contributed by atoms with Crippen molar-refractivity contribution in [3.8, 4) is 0 Å². The fourth-order valence-corrected chi connectivity index (χ4v) is 2.54. The van der Waals surface area contributed by atoms with Gasteiger partial charge in [-0.3, -0.25) is 9.69 Å². The molecule has 1 fully saturated rings. The van der Waals surface area contributed by atoms with E-state index in [2.05, 4.69) is 27.4 Å². The Morgan fingerprint density at radius 1 is 1.67 bits per heavy atom. The first-order chi connectivity index (χ1) is 6.88. The van der Waals surface area contributed by atoms with Crippen molar-refractivity contribution >= 4 is 21.9 Å². The zero-order valence-electron chi connectivity index (χ0n) is 9.29. The lowest BCUT2D eigenvalue weighted by molar-refractivity contribution is -0.150. The summed E-state index contributed by atoms with van der Waals surface area (Å²) in [5.41, 5.74) is -0.567. The molecular formula is C11H18BrNO2. The second-order valence-corrected chi connectivity index (χ2v) is 5.72. The largest absolute Gasteiger partial charge is 0.481 e. The van der Waals surface area contributed by atoms with Crippen LogP contribution in [0.3, 0.4) is 0 Å². The van der Waals surface area contributed by atoms with E-state index in [1.807, 2.05) is 13.8 Å². The fourth-order valence-electron chi connectivity index (χ4n) is 2.19. The van der Waals surface area contributed by atoms with Crippen LogP contribution < -0.4 is 0 Å². The Morgan fingerprint density at radius 2 is 2.27 bits per heavy atom. The summed E-state index contributed by atoms with van der Waals surface area (Å²) in [4.78, 5) is 13.5. The monoisotopic (exact) mass is 275 g/mol. The summed E-state index contributed by atoms with van der Waals surface area (Å²) >= 11 is 3.31. The Labute approximate surface area is 99.3 Å². The molecule has 1 atom stereocenters. The molecule has 0 aromatic rings. The van der Waals surface area contributed by atoms with E-state index in [9.17, 15) is 9.90 Å². The Morgan fingerprint density at radius 3 is 2.60 bits per heavy atom. The molecule has 15 heavy (non-hydrogen) atoms. The lowest BCUT2D eigenvalue weighted by atomic mass is 9.76. The minimum atomic E-state index is -0.666. The zero-order valence-corrected chi connectivity index (χ0v) is 10.9. The molecule has 0 aromatic heterocycles. The maximum Gasteiger partial charge on any atom is 0.311 e. The summed E-state index contributed by atoms with van der Waals surface area (Å²) in [6, 6.07) is 0. The highest BCUT2D eigenvalue weighted by atomic mass is 79.9. The van der Waals surface area contributed by atoms with Gasteiger partial charge in [0.2, 0.25) is 0 Å². The highest BCUT2D eigenvalue weighted by Crippen LogP contribution is 2.38. The Hall–Kier alpha value is -0.350. The molecule has 0 amide bonds. The lowest BCUT2D eigenvalue weighted by Crippen LogP contribution is -2.39. The third-order valence-electron chi connectivity index (χ3n) is 3.31. The van der Waals surface area contributed by atoms with Gasteiger partial charge in [0.15, 0.2) is 0 Å². The van der Waals surface area contributed by atoms with Crippen molar-refractivity contribution in [2.45, 2.75) is 20.3 Å². The molecule has 1 N–H and O–H groups in total. The first kappa shape index (κ1) is 12.7. The molecule has 1 aliphatic rings. The topological polar surface area (TPSA) is 40.5 Å². The Balaban J connectivity index is 2.72. The molecule has 3 nitrogen and oxygen atoms in total. The summed E-state index contributed by atoms with van der Waals surface area (Å²) in [6.45, 7) is 9.97. The summed E-state index contributed by atoms with van der Waals surface area (Å²) < 4.78 is 0.910. The predicted octanol–water partition coefficient (Wildman–Crippen LogP) is 2.33. The molecule has 0 saturated carbocycles. The molecule has 0 bridgehead atoms. The van der Waals surface area contributed by atoms with Crippen LogP contribution in [0.1, 0.15) is 20.3 Å². The maximum absolute atomic E-state index is 11.3. The highest BCUT2D eigenvalue weighted by molar-refractivity contribution is 9.11. The van der Waals surface area contributed by atoms with Gasteiger partial charge in [0.25, 0.3) is 0 Å². The van der Waals surface area contributed by atoms with E-state index in [0.717, 1.165) is 24.0 Å². The molecule has 0 aliphatic carbocycles. The van der Waals surface area contributed by atoms with E-state index in [-0.39, 0.29) is 5.92 Å². The van der Waals surface area contributed by atoms with Crippen LogP contribution in [0.5, 0.6) is 0 Å². The van der Waals surface area contributed by atoms with Gasteiger partial charge in [0, 0.05) is 17.6 Å². The Kier molecular flexibility index (Phi) is 3.95. The average Bonchev–Trinajstić information content (AvgIpc) is 2.48. The van der Waals surface area contributed by atoms with E-state index in [1.54, 1.807) is 0 Å². The zero-order chi connectivity index (χ0) is 11.6. The third kappa shape index (κ3) is 2.61. The summed E-state index contributed by atoms with van der Waals surface area (Å²) in [7, 11) is 0. The second-order valence-electron chi connectivity index (χ2n) is 4.59. The number of likely N-dealkylation sites (tertiary alicyclic amines) is 1. The molecular weight excluding hydrogens is 258 g/mol. The number of nitrogens with zero attached hydrogens (tertiary/aromatic N) is 1. The van der Waals surface area contributed by atoms with Crippen molar-refractivity contribution in [3.63, 3.8) is 0 Å². The van der Waals surface area contributed by atoms with Gasteiger partial charge in [-0.1, -0.05) is 36.4 Å². The fraction of sp³-hybridized carbons (Fsp3) is 0.727. The van der Waals surface area contributed by atoms with Crippen molar-refractivity contribution in [1.82, 2.24) is 4.90 Å². The molecule has 0 aromatic carbocycles. The summed E-state index contributed by atoms with van der Waals surface area (Å²) in [6.07, 6.45) is 0.736. The Bertz CT molecular complexity index is 278. The molecule has 1 unspecified atom stereocenters. The SMILES string of the molecule is C=C(Br)CN1CCC(C(=O)O)(C(C)C)C1. The van der Waals surface area contributed by atoms with Gasteiger partial charge in [0.1, 0.15) is 0 Å². The third-order valence-corrected chi connectivity index (χ3v) is 3.56. The van der Waals surface area contributed by atoms with Crippen molar-refractivity contribution < 1.29 is 9.90 Å². The van der Waals surface area contributed by atoms with Gasteiger partial charge in [-0.15, -0.1) is 0 Å². The van der Waals surface area contributed by atoms with Gasteiger partial charge >= 0.3 is 5.97 Å². The number of halogens is 1. The number of hydrogen-bond donors (Lipinski definition) is 1. The van der Waals surface area contributed by atoms with Gasteiger partial charge in [0.05, 0.1) is 5.41 Å². The molecule has 1 rings (SSSR count). The van der Waals surface area contributed by atoms with Gasteiger partial charge in [-0.25, -0.2) is 0 Å². The van der Waals surface area contributed by atoms with Crippen LogP contribution in [0.15, 0.2) is 11.1 Å². The molecule has 86 valence electrons. The van der Waals surface area contributed by atoms with E-state index in [4.69, 9.17) is 0 Å². The van der Waals surface area contributed by atoms with Crippen molar-refractivity contribution in [1.29, 1.82) is 0 Å². The number of rotatable bonds is 4. The van der Waals surface area contributed by atoms with Crippen LogP contribution in [0.25, 0.3) is 0 Å². The van der Waals surface area contributed by atoms with Gasteiger partial charge < -0.3 is 5.11 Å². The minimum Gasteiger partial charge on any atom is -0.481 e. The van der Waals surface area contributed by atoms with E-state index >= 15 is 0 Å². The quantitative estimate of drug-likeness (QED) is 0.856. The van der Waals surface area contributed by atoms with Crippen LogP contribution in [-0.2, 0) is 4.79 Å². The van der Waals surface area contributed by atoms with Gasteiger partial charge in [-0.05, 0) is 18.9 Å². The van der Waals surface area contributed by atoms with Crippen molar-refractivity contribution in [2.24, 2.45) is 11.3 Å². The number of aliphatic carboxylic acids is 1. The first-order valence-electron chi connectivity index (χ1n) is 5.17. The number of carboxylic acid groups (broad SMARTS) is 1. The summed E-state index contributed by atoms with van der Waals surface area (Å²) in [5, 5.41) is 9.33. The van der Waals surface area contributed by atoms with E-state index < -0.39 is 11.4 Å². The molecule has 0 spiro atoms. The predicted molar refractivity (Wildman–Crippen MR) is 64.0 cm³/mol. The van der Waals surface area contributed by atoms with Crippen molar-refractivity contribution in [3.05, 3.63) is 11.1 Å². The highest BCUT2D eigenvalue weighted by Gasteiger charge is 2.46. The normalized spacial score (nSPS) is 27.2. The first-order valence-corrected chi connectivity index (χ1v) is 5.97. The summed E-state index contributed by atoms with van der Waals surface area (Å²) in [5.74, 6) is -0.497. The molecule has 1 saturated heterocycles. The number of hydrogen-bond acceptors (Lipinski definition) is 2. The molecule has 4 heteroatoms. The van der Waals surface area contributed by atoms with Crippen molar-refractivity contribution in [2.75, 3.05) is 19.6 Å². The molecule has 1 heterocycles.